The molecule has 1 unspecified atom stereocenters. The molecule has 2 rings (SSSR count). The molecule has 0 spiro atoms. The minimum absolute atomic E-state index is 0.274. The Bertz CT molecular complexity index is 577. The summed E-state index contributed by atoms with van der Waals surface area (Å²) in [5, 5.41) is 17.8. The van der Waals surface area contributed by atoms with E-state index < -0.39 is 0 Å². The van der Waals surface area contributed by atoms with Gasteiger partial charge in [0.1, 0.15) is 17.5 Å². The number of nitriles is 1. The number of nitrogens with zero attached hydrogens (tertiary/aromatic N) is 3. The number of allylic oxidation sites excluding steroid dienone is 1. The van der Waals surface area contributed by atoms with E-state index in [9.17, 15) is 0 Å². The normalized spacial score (nSPS) is 17.4. The van der Waals surface area contributed by atoms with E-state index >= 15 is 0 Å². The number of aryl methyl sites for hydroxylation is 1. The van der Waals surface area contributed by atoms with Crippen molar-refractivity contribution < 1.29 is 4.74 Å². The van der Waals surface area contributed by atoms with Gasteiger partial charge in [-0.25, -0.2) is 9.97 Å². The van der Waals surface area contributed by atoms with Gasteiger partial charge >= 0.3 is 0 Å². The Kier molecular flexibility index (Phi) is 5.43. The fraction of sp³-hybridized carbons (Fsp3) is 0.385. The lowest BCUT2D eigenvalue weighted by Crippen LogP contribution is -2.25. The molecule has 1 aromatic heterocycles. The van der Waals surface area contributed by atoms with E-state index in [4.69, 9.17) is 22.2 Å². The molecule has 1 atom stereocenters. The molecule has 3 N–H and O–H groups in total. The second-order valence-electron chi connectivity index (χ2n) is 4.45. The zero-order valence-corrected chi connectivity index (χ0v) is 12.4. The van der Waals surface area contributed by atoms with E-state index in [1.54, 1.807) is 6.07 Å². The maximum Gasteiger partial charge on any atom is 0.175 e. The molecule has 110 valence electrons. The third kappa shape index (κ3) is 4.98. The quantitative estimate of drug-likeness (QED) is 0.566. The maximum atomic E-state index is 8.40. The van der Waals surface area contributed by atoms with Crippen LogP contribution < -0.4 is 16.0 Å². The Labute approximate surface area is 128 Å². The van der Waals surface area contributed by atoms with Crippen molar-refractivity contribution in [2.24, 2.45) is 0 Å². The molecule has 7 nitrogen and oxygen atoms in total. The largest absolute Gasteiger partial charge is 0.379 e. The molecular formula is C13H16N6OS. The zero-order chi connectivity index (χ0) is 15.1. The van der Waals surface area contributed by atoms with Gasteiger partial charge in [0.25, 0.3) is 0 Å². The van der Waals surface area contributed by atoms with Crippen molar-refractivity contribution in [2.45, 2.75) is 19.4 Å². The van der Waals surface area contributed by atoms with Crippen molar-refractivity contribution >= 4 is 29.0 Å². The number of hydrogen-bond acceptors (Lipinski definition) is 6. The zero-order valence-electron chi connectivity index (χ0n) is 11.6. The highest BCUT2D eigenvalue weighted by Crippen LogP contribution is 2.15. The summed E-state index contributed by atoms with van der Waals surface area (Å²) in [6, 6.07) is 3.93. The van der Waals surface area contributed by atoms with Crippen LogP contribution in [0.3, 0.4) is 0 Å². The molecule has 1 fully saturated rings. The second-order valence-corrected chi connectivity index (χ2v) is 4.86. The smallest absolute Gasteiger partial charge is 0.175 e. The number of nitrogens with one attached hydrogen (secondary N) is 3. The average molecular weight is 304 g/mol. The fourth-order valence-corrected chi connectivity index (χ4v) is 2.04. The van der Waals surface area contributed by atoms with Crippen LogP contribution in [0, 0.1) is 18.3 Å². The Morgan fingerprint density at radius 1 is 1.52 bits per heavy atom. The van der Waals surface area contributed by atoms with E-state index in [-0.39, 0.29) is 6.04 Å². The Balaban J connectivity index is 1.99. The van der Waals surface area contributed by atoms with Crippen LogP contribution in [0.1, 0.15) is 12.2 Å². The molecule has 1 aliphatic heterocycles. The van der Waals surface area contributed by atoms with E-state index in [0.29, 0.717) is 23.4 Å². The van der Waals surface area contributed by atoms with E-state index in [2.05, 4.69) is 25.9 Å². The molecule has 1 aliphatic rings. The topological polar surface area (TPSA) is 94.9 Å². The first kappa shape index (κ1) is 15.2. The van der Waals surface area contributed by atoms with Crippen LogP contribution in [0.5, 0.6) is 0 Å². The van der Waals surface area contributed by atoms with E-state index in [1.165, 1.54) is 12.3 Å². The van der Waals surface area contributed by atoms with Crippen LogP contribution in [-0.2, 0) is 4.74 Å². The predicted octanol–water partition coefficient (Wildman–Crippen LogP) is 1.31. The highest BCUT2D eigenvalue weighted by atomic mass is 32.1. The molecule has 0 bridgehead atoms. The van der Waals surface area contributed by atoms with Gasteiger partial charge in [0, 0.05) is 24.9 Å². The van der Waals surface area contributed by atoms with Crippen LogP contribution in [0.4, 0.5) is 11.6 Å². The number of thiocarbonyl (C=S) groups is 1. The molecule has 0 radical (unpaired) electrons. The lowest BCUT2D eigenvalue weighted by molar-refractivity contribution is 0.195. The van der Waals surface area contributed by atoms with Gasteiger partial charge in [0.05, 0.1) is 18.7 Å². The number of ether oxygens (including phenoxy) is 1. The monoisotopic (exact) mass is 304 g/mol. The number of hydrogen-bond donors (Lipinski definition) is 3. The Morgan fingerprint density at radius 3 is 3.05 bits per heavy atom. The molecular weight excluding hydrogens is 288 g/mol. The standard InChI is InChI=1S/C13H16N6OS/c1-9-16-11(18-10-3-6-20-8-10)7-12(17-9)19-13(21)15-5-2-4-14/h2,5,7,10H,3,6,8H2,1H3,(H3,15,16,17,18,19,21)/b5-2+. The molecule has 2 heterocycles. The second kappa shape index (κ2) is 7.52. The van der Waals surface area contributed by atoms with Crippen molar-refractivity contribution in [1.82, 2.24) is 15.3 Å². The minimum Gasteiger partial charge on any atom is -0.379 e. The maximum absolute atomic E-state index is 8.40. The number of anilines is 2. The first-order valence-electron chi connectivity index (χ1n) is 6.49. The van der Waals surface area contributed by atoms with Gasteiger partial charge < -0.3 is 20.7 Å². The molecule has 0 aromatic carbocycles. The summed E-state index contributed by atoms with van der Waals surface area (Å²) >= 11 is 5.10. The van der Waals surface area contributed by atoms with Crippen LogP contribution in [0.15, 0.2) is 18.3 Å². The summed E-state index contributed by atoms with van der Waals surface area (Å²) in [5.74, 6) is 1.96. The summed E-state index contributed by atoms with van der Waals surface area (Å²) in [6.07, 6.45) is 3.72. The number of aromatic nitrogens is 2. The third-order valence-electron chi connectivity index (χ3n) is 2.73. The van der Waals surface area contributed by atoms with Crippen LogP contribution in [0.2, 0.25) is 0 Å². The predicted molar refractivity (Wildman–Crippen MR) is 83.7 cm³/mol. The van der Waals surface area contributed by atoms with Gasteiger partial charge in [-0.15, -0.1) is 0 Å². The van der Waals surface area contributed by atoms with E-state index in [0.717, 1.165) is 18.8 Å². The van der Waals surface area contributed by atoms with Crippen LogP contribution >= 0.6 is 12.2 Å². The minimum atomic E-state index is 0.274. The van der Waals surface area contributed by atoms with Gasteiger partial charge in [-0.3, -0.25) is 0 Å². The average Bonchev–Trinajstić information content (AvgIpc) is 2.91. The van der Waals surface area contributed by atoms with Crippen molar-refractivity contribution in [3.63, 3.8) is 0 Å². The van der Waals surface area contributed by atoms with Crippen molar-refractivity contribution in [3.8, 4) is 6.07 Å². The van der Waals surface area contributed by atoms with Gasteiger partial charge in [0.2, 0.25) is 0 Å². The first-order valence-corrected chi connectivity index (χ1v) is 6.90. The summed E-state index contributed by atoms with van der Waals surface area (Å²) in [4.78, 5) is 8.61. The molecule has 0 aliphatic carbocycles. The van der Waals surface area contributed by atoms with Gasteiger partial charge in [0.15, 0.2) is 5.11 Å². The summed E-state index contributed by atoms with van der Waals surface area (Å²) in [5.41, 5.74) is 0. The Hall–Kier alpha value is -2.24. The van der Waals surface area contributed by atoms with E-state index in [1.807, 2.05) is 13.0 Å². The first-order chi connectivity index (χ1) is 10.2. The summed E-state index contributed by atoms with van der Waals surface area (Å²) < 4.78 is 5.32. The lowest BCUT2D eigenvalue weighted by Gasteiger charge is -2.13. The fourth-order valence-electron chi connectivity index (χ4n) is 1.87. The molecule has 0 amide bonds. The SMILES string of the molecule is Cc1nc(NC(=S)N/C=C/C#N)cc(NC2CCOC2)n1. The van der Waals surface area contributed by atoms with Gasteiger partial charge in [-0.05, 0) is 25.6 Å². The van der Waals surface area contributed by atoms with Gasteiger partial charge in [-0.2, -0.15) is 5.26 Å². The molecule has 1 saturated heterocycles. The third-order valence-corrected chi connectivity index (χ3v) is 2.95. The highest BCUT2D eigenvalue weighted by molar-refractivity contribution is 7.80. The van der Waals surface area contributed by atoms with Crippen molar-refractivity contribution in [1.29, 1.82) is 5.26 Å². The molecule has 1 aromatic rings. The van der Waals surface area contributed by atoms with Crippen molar-refractivity contribution in [2.75, 3.05) is 23.8 Å². The highest BCUT2D eigenvalue weighted by Gasteiger charge is 2.16. The summed E-state index contributed by atoms with van der Waals surface area (Å²) in [7, 11) is 0. The van der Waals surface area contributed by atoms with Crippen LogP contribution in [-0.4, -0.2) is 34.3 Å². The number of rotatable bonds is 4. The van der Waals surface area contributed by atoms with Gasteiger partial charge in [-0.1, -0.05) is 0 Å². The Morgan fingerprint density at radius 2 is 2.33 bits per heavy atom. The molecule has 0 saturated carbocycles. The lowest BCUT2D eigenvalue weighted by atomic mass is 10.2. The van der Waals surface area contributed by atoms with Crippen LogP contribution in [0.25, 0.3) is 0 Å². The molecule has 21 heavy (non-hydrogen) atoms. The molecule has 8 heteroatoms. The summed E-state index contributed by atoms with van der Waals surface area (Å²) in [6.45, 7) is 3.27. The van der Waals surface area contributed by atoms with Crippen molar-refractivity contribution in [3.05, 3.63) is 24.2 Å².